The smallest absolute Gasteiger partial charge is 0.247 e. The van der Waals surface area contributed by atoms with Crippen LogP contribution in [0.25, 0.3) is 6.08 Å². The Bertz CT molecular complexity index is 802. The Labute approximate surface area is 156 Å². The Morgan fingerprint density at radius 1 is 1.23 bits per heavy atom. The molecule has 0 unspecified atom stereocenters. The van der Waals surface area contributed by atoms with Crippen molar-refractivity contribution in [2.75, 3.05) is 31.6 Å². The molecule has 26 heavy (non-hydrogen) atoms. The van der Waals surface area contributed by atoms with Crippen LogP contribution in [0.2, 0.25) is 0 Å². The molecule has 2 amide bonds. The van der Waals surface area contributed by atoms with Gasteiger partial charge in [0.05, 0.1) is 0 Å². The first-order valence-electron chi connectivity index (χ1n) is 8.35. The van der Waals surface area contributed by atoms with Crippen molar-refractivity contribution < 1.29 is 19.1 Å². The summed E-state index contributed by atoms with van der Waals surface area (Å²) in [5, 5.41) is 4.74. The van der Waals surface area contributed by atoms with E-state index in [2.05, 4.69) is 5.32 Å². The van der Waals surface area contributed by atoms with Gasteiger partial charge >= 0.3 is 0 Å². The molecule has 2 aromatic rings. The van der Waals surface area contributed by atoms with Crippen molar-refractivity contribution >= 4 is 34.9 Å². The summed E-state index contributed by atoms with van der Waals surface area (Å²) in [5.41, 5.74) is 0.608. The van der Waals surface area contributed by atoms with E-state index in [0.717, 1.165) is 4.88 Å². The standard InChI is InChI=1S/C19H20N2O4S/c1-2-21(19(23)8-6-15-4-3-11-26-15)13-18(22)20-14-5-7-16-17(12-14)25-10-9-24-16/h3-8,11-12H,2,9-10,13H2,1H3,(H,20,22). The molecule has 1 aromatic heterocycles. The molecule has 7 heteroatoms. The highest BCUT2D eigenvalue weighted by Crippen LogP contribution is 2.32. The monoisotopic (exact) mass is 372 g/mol. The summed E-state index contributed by atoms with van der Waals surface area (Å²) in [6.07, 6.45) is 3.25. The second-order valence-corrected chi connectivity index (χ2v) is 6.59. The van der Waals surface area contributed by atoms with Crippen molar-refractivity contribution in [1.29, 1.82) is 0 Å². The van der Waals surface area contributed by atoms with Gasteiger partial charge in [-0.1, -0.05) is 6.07 Å². The maximum absolute atomic E-state index is 12.3. The lowest BCUT2D eigenvalue weighted by molar-refractivity contribution is -0.130. The first-order valence-corrected chi connectivity index (χ1v) is 9.23. The number of fused-ring (bicyclic) bond motifs is 1. The fraction of sp³-hybridized carbons (Fsp3) is 0.263. The predicted octanol–water partition coefficient (Wildman–Crippen LogP) is 3.02. The number of hydrogen-bond donors (Lipinski definition) is 1. The molecule has 1 aromatic carbocycles. The minimum absolute atomic E-state index is 0.0153. The van der Waals surface area contributed by atoms with Crippen molar-refractivity contribution in [3.8, 4) is 11.5 Å². The van der Waals surface area contributed by atoms with Crippen molar-refractivity contribution in [2.24, 2.45) is 0 Å². The van der Waals surface area contributed by atoms with Crippen molar-refractivity contribution in [3.63, 3.8) is 0 Å². The first-order chi connectivity index (χ1) is 12.7. The van der Waals surface area contributed by atoms with E-state index in [9.17, 15) is 9.59 Å². The molecule has 2 heterocycles. The zero-order valence-corrected chi connectivity index (χ0v) is 15.3. The van der Waals surface area contributed by atoms with E-state index in [0.29, 0.717) is 36.9 Å². The van der Waals surface area contributed by atoms with Gasteiger partial charge in [-0.25, -0.2) is 0 Å². The van der Waals surface area contributed by atoms with Crippen LogP contribution >= 0.6 is 11.3 Å². The molecule has 0 aliphatic carbocycles. The fourth-order valence-corrected chi connectivity index (χ4v) is 3.10. The van der Waals surface area contributed by atoms with Gasteiger partial charge in [-0.05, 0) is 36.6 Å². The van der Waals surface area contributed by atoms with E-state index >= 15 is 0 Å². The highest BCUT2D eigenvalue weighted by molar-refractivity contribution is 7.10. The zero-order chi connectivity index (χ0) is 18.4. The van der Waals surface area contributed by atoms with Crippen LogP contribution in [-0.4, -0.2) is 43.0 Å². The molecule has 0 fully saturated rings. The van der Waals surface area contributed by atoms with Gasteiger partial charge in [-0.3, -0.25) is 9.59 Å². The normalized spacial score (nSPS) is 12.8. The van der Waals surface area contributed by atoms with Crippen LogP contribution in [0.1, 0.15) is 11.8 Å². The van der Waals surface area contributed by atoms with Gasteiger partial charge in [-0.15, -0.1) is 11.3 Å². The van der Waals surface area contributed by atoms with Crippen LogP contribution in [0.4, 0.5) is 5.69 Å². The molecule has 0 spiro atoms. The number of anilines is 1. The summed E-state index contributed by atoms with van der Waals surface area (Å²) in [6, 6.07) is 9.09. The second kappa shape index (κ2) is 8.53. The van der Waals surface area contributed by atoms with Crippen LogP contribution < -0.4 is 14.8 Å². The third-order valence-electron chi connectivity index (χ3n) is 3.79. The molecule has 136 valence electrons. The number of benzene rings is 1. The van der Waals surface area contributed by atoms with E-state index in [4.69, 9.17) is 9.47 Å². The Hall–Kier alpha value is -2.80. The Kier molecular flexibility index (Phi) is 5.91. The van der Waals surface area contributed by atoms with Gasteiger partial charge in [0, 0.05) is 29.3 Å². The number of ether oxygens (including phenoxy) is 2. The van der Waals surface area contributed by atoms with Gasteiger partial charge in [0.25, 0.3) is 0 Å². The maximum Gasteiger partial charge on any atom is 0.247 e. The number of amides is 2. The van der Waals surface area contributed by atoms with Crippen molar-refractivity contribution in [3.05, 3.63) is 46.7 Å². The topological polar surface area (TPSA) is 67.9 Å². The number of thiophene rings is 1. The molecule has 0 radical (unpaired) electrons. The third kappa shape index (κ3) is 4.64. The van der Waals surface area contributed by atoms with Crippen LogP contribution in [0.5, 0.6) is 11.5 Å². The minimum Gasteiger partial charge on any atom is -0.486 e. The summed E-state index contributed by atoms with van der Waals surface area (Å²) in [6.45, 7) is 3.28. The molecule has 6 nitrogen and oxygen atoms in total. The number of nitrogens with one attached hydrogen (secondary N) is 1. The van der Waals surface area contributed by atoms with Gasteiger partial charge in [0.1, 0.15) is 19.8 Å². The molecule has 0 bridgehead atoms. The summed E-state index contributed by atoms with van der Waals surface area (Å²) >= 11 is 1.55. The Morgan fingerprint density at radius 2 is 2.04 bits per heavy atom. The minimum atomic E-state index is -0.263. The molecule has 1 N–H and O–H groups in total. The predicted molar refractivity (Wildman–Crippen MR) is 102 cm³/mol. The van der Waals surface area contributed by atoms with Gasteiger partial charge in [0.15, 0.2) is 11.5 Å². The third-order valence-corrected chi connectivity index (χ3v) is 4.62. The molecule has 0 saturated carbocycles. The first kappa shape index (κ1) is 18.0. The average Bonchev–Trinajstić information content (AvgIpc) is 3.17. The lowest BCUT2D eigenvalue weighted by Gasteiger charge is -2.20. The zero-order valence-electron chi connectivity index (χ0n) is 14.4. The van der Waals surface area contributed by atoms with Crippen LogP contribution in [0, 0.1) is 0 Å². The summed E-state index contributed by atoms with van der Waals surface area (Å²) in [7, 11) is 0. The molecule has 1 aliphatic rings. The fourth-order valence-electron chi connectivity index (χ4n) is 2.49. The Morgan fingerprint density at radius 3 is 2.77 bits per heavy atom. The molecule has 0 atom stereocenters. The lowest BCUT2D eigenvalue weighted by atomic mass is 10.2. The maximum atomic E-state index is 12.3. The van der Waals surface area contributed by atoms with Gasteiger partial charge in [0.2, 0.25) is 11.8 Å². The number of rotatable bonds is 6. The molecular weight excluding hydrogens is 352 g/mol. The summed E-state index contributed by atoms with van der Waals surface area (Å²) in [5.74, 6) is 0.814. The molecule has 3 rings (SSSR count). The quantitative estimate of drug-likeness (QED) is 0.792. The second-order valence-electron chi connectivity index (χ2n) is 5.61. The highest BCUT2D eigenvalue weighted by atomic mass is 32.1. The van der Waals surface area contributed by atoms with E-state index in [1.807, 2.05) is 24.4 Å². The Balaban J connectivity index is 1.58. The largest absolute Gasteiger partial charge is 0.486 e. The van der Waals surface area contributed by atoms with E-state index < -0.39 is 0 Å². The van der Waals surface area contributed by atoms with E-state index in [-0.39, 0.29) is 18.4 Å². The van der Waals surface area contributed by atoms with Gasteiger partial charge < -0.3 is 19.7 Å². The number of carbonyl (C=O) groups excluding carboxylic acids is 2. The number of likely N-dealkylation sites (N-methyl/N-ethyl adjacent to an activating group) is 1. The van der Waals surface area contributed by atoms with Crippen LogP contribution in [-0.2, 0) is 9.59 Å². The molecular formula is C19H20N2O4S. The van der Waals surface area contributed by atoms with E-state index in [1.54, 1.807) is 35.6 Å². The SMILES string of the molecule is CCN(CC(=O)Nc1ccc2c(c1)OCCO2)C(=O)C=Cc1cccs1. The number of hydrogen-bond acceptors (Lipinski definition) is 5. The van der Waals surface area contributed by atoms with Crippen molar-refractivity contribution in [1.82, 2.24) is 4.90 Å². The number of nitrogens with zero attached hydrogens (tertiary/aromatic N) is 1. The summed E-state index contributed by atoms with van der Waals surface area (Å²) < 4.78 is 11.0. The van der Waals surface area contributed by atoms with Crippen LogP contribution in [0.15, 0.2) is 41.8 Å². The lowest BCUT2D eigenvalue weighted by Crippen LogP contribution is -2.36. The van der Waals surface area contributed by atoms with E-state index in [1.165, 1.54) is 11.0 Å². The van der Waals surface area contributed by atoms with Crippen LogP contribution in [0.3, 0.4) is 0 Å². The van der Waals surface area contributed by atoms with Gasteiger partial charge in [-0.2, -0.15) is 0 Å². The molecule has 1 aliphatic heterocycles. The highest BCUT2D eigenvalue weighted by Gasteiger charge is 2.16. The number of carbonyl (C=O) groups is 2. The molecule has 0 saturated heterocycles. The van der Waals surface area contributed by atoms with Crippen molar-refractivity contribution in [2.45, 2.75) is 6.92 Å². The summed E-state index contributed by atoms with van der Waals surface area (Å²) in [4.78, 5) is 27.0. The average molecular weight is 372 g/mol.